The van der Waals surface area contributed by atoms with Crippen LogP contribution in [-0.2, 0) is 9.53 Å². The van der Waals surface area contributed by atoms with E-state index in [9.17, 15) is 4.79 Å². The number of nitrogens with one attached hydrogen (secondary N) is 1. The molecular formula is C16H31N3O2. The molecule has 2 atom stereocenters. The van der Waals surface area contributed by atoms with Gasteiger partial charge in [-0.2, -0.15) is 0 Å². The summed E-state index contributed by atoms with van der Waals surface area (Å²) in [7, 11) is 1.77. The van der Waals surface area contributed by atoms with Crippen molar-refractivity contribution in [3.05, 3.63) is 0 Å². The molecule has 5 nitrogen and oxygen atoms in total. The third-order valence-electron chi connectivity index (χ3n) is 4.99. The van der Waals surface area contributed by atoms with Crippen LogP contribution >= 0.6 is 0 Å². The first-order valence-electron chi connectivity index (χ1n) is 8.49. The fraction of sp³-hybridized carbons (Fsp3) is 0.938. The fourth-order valence-corrected chi connectivity index (χ4v) is 3.61. The van der Waals surface area contributed by atoms with Gasteiger partial charge in [-0.1, -0.05) is 19.3 Å². The molecule has 2 unspecified atom stereocenters. The average molecular weight is 297 g/mol. The number of ether oxygens (including phenoxy) is 1. The van der Waals surface area contributed by atoms with Crippen molar-refractivity contribution < 1.29 is 9.53 Å². The molecule has 0 aromatic rings. The van der Waals surface area contributed by atoms with Gasteiger partial charge in [-0.15, -0.1) is 0 Å². The summed E-state index contributed by atoms with van der Waals surface area (Å²) in [5.41, 5.74) is 5.87. The molecule has 0 bridgehead atoms. The molecular weight excluding hydrogens is 266 g/mol. The summed E-state index contributed by atoms with van der Waals surface area (Å²) in [6.45, 7) is 2.44. The van der Waals surface area contributed by atoms with E-state index in [2.05, 4.69) is 10.2 Å². The summed E-state index contributed by atoms with van der Waals surface area (Å²) < 4.78 is 5.44. The Labute approximate surface area is 128 Å². The maximum atomic E-state index is 12.1. The van der Waals surface area contributed by atoms with E-state index in [0.717, 1.165) is 38.8 Å². The van der Waals surface area contributed by atoms with Gasteiger partial charge < -0.3 is 15.8 Å². The molecule has 1 saturated heterocycles. The van der Waals surface area contributed by atoms with Gasteiger partial charge >= 0.3 is 0 Å². The van der Waals surface area contributed by atoms with Crippen LogP contribution in [0.4, 0.5) is 0 Å². The standard InChI is InChI=1S/C16H31N3O2/c1-21-15-7-9-19(14(11-15)12-17)10-8-16(20)18-13-5-3-2-4-6-13/h13-15H,2-12,17H2,1H3,(H,18,20). The van der Waals surface area contributed by atoms with Gasteiger partial charge in [0.2, 0.25) is 5.91 Å². The molecule has 0 aromatic heterocycles. The first-order chi connectivity index (χ1) is 10.2. The highest BCUT2D eigenvalue weighted by atomic mass is 16.5. The van der Waals surface area contributed by atoms with Gasteiger partial charge in [0, 0.05) is 45.2 Å². The Balaban J connectivity index is 1.69. The average Bonchev–Trinajstić information content (AvgIpc) is 2.53. The predicted molar refractivity (Wildman–Crippen MR) is 84.1 cm³/mol. The van der Waals surface area contributed by atoms with Gasteiger partial charge in [-0.3, -0.25) is 9.69 Å². The third kappa shape index (κ3) is 5.24. The molecule has 2 aliphatic rings. The molecule has 1 heterocycles. The molecule has 5 heteroatoms. The number of piperidine rings is 1. The number of carbonyl (C=O) groups excluding carboxylic acids is 1. The van der Waals surface area contributed by atoms with Crippen LogP contribution in [0.15, 0.2) is 0 Å². The SMILES string of the molecule is COC1CCN(CCC(=O)NC2CCCCC2)C(CN)C1. The molecule has 1 amide bonds. The summed E-state index contributed by atoms with van der Waals surface area (Å²) in [6.07, 6.45) is 9.06. The van der Waals surface area contributed by atoms with E-state index in [1.165, 1.54) is 19.3 Å². The monoisotopic (exact) mass is 297 g/mol. The van der Waals surface area contributed by atoms with Crippen LogP contribution in [-0.4, -0.2) is 55.7 Å². The van der Waals surface area contributed by atoms with Crippen molar-refractivity contribution in [2.75, 3.05) is 26.7 Å². The Morgan fingerprint density at radius 3 is 2.71 bits per heavy atom. The topological polar surface area (TPSA) is 67.6 Å². The van der Waals surface area contributed by atoms with Crippen LogP contribution in [0, 0.1) is 0 Å². The maximum absolute atomic E-state index is 12.1. The lowest BCUT2D eigenvalue weighted by Crippen LogP contribution is -2.49. The zero-order chi connectivity index (χ0) is 15.1. The van der Waals surface area contributed by atoms with Crippen molar-refractivity contribution in [1.82, 2.24) is 10.2 Å². The van der Waals surface area contributed by atoms with Crippen molar-refractivity contribution in [2.24, 2.45) is 5.73 Å². The second kappa shape index (κ2) is 8.71. The van der Waals surface area contributed by atoms with Gasteiger partial charge in [-0.25, -0.2) is 0 Å². The quantitative estimate of drug-likeness (QED) is 0.774. The van der Waals surface area contributed by atoms with Gasteiger partial charge in [0.1, 0.15) is 0 Å². The second-order valence-corrected chi connectivity index (χ2v) is 6.46. The van der Waals surface area contributed by atoms with Gasteiger partial charge in [-0.05, 0) is 25.7 Å². The molecule has 0 radical (unpaired) electrons. The Morgan fingerprint density at radius 2 is 2.05 bits per heavy atom. The normalized spacial score (nSPS) is 28.5. The lowest BCUT2D eigenvalue weighted by Gasteiger charge is -2.38. The van der Waals surface area contributed by atoms with Crippen molar-refractivity contribution in [3.63, 3.8) is 0 Å². The number of rotatable bonds is 6. The molecule has 2 fully saturated rings. The summed E-state index contributed by atoms with van der Waals surface area (Å²) >= 11 is 0. The zero-order valence-corrected chi connectivity index (χ0v) is 13.4. The Hall–Kier alpha value is -0.650. The Morgan fingerprint density at radius 1 is 1.29 bits per heavy atom. The number of amides is 1. The molecule has 3 N–H and O–H groups in total. The van der Waals surface area contributed by atoms with Crippen LogP contribution in [0.25, 0.3) is 0 Å². The van der Waals surface area contributed by atoms with Crippen LogP contribution in [0.5, 0.6) is 0 Å². The van der Waals surface area contributed by atoms with Gasteiger partial charge in [0.25, 0.3) is 0 Å². The third-order valence-corrected chi connectivity index (χ3v) is 4.99. The van der Waals surface area contributed by atoms with E-state index in [-0.39, 0.29) is 5.91 Å². The number of methoxy groups -OCH3 is 1. The number of likely N-dealkylation sites (tertiary alicyclic amines) is 1. The van der Waals surface area contributed by atoms with E-state index < -0.39 is 0 Å². The van der Waals surface area contributed by atoms with E-state index in [0.29, 0.717) is 31.2 Å². The van der Waals surface area contributed by atoms with E-state index in [1.54, 1.807) is 7.11 Å². The molecule has 1 saturated carbocycles. The lowest BCUT2D eigenvalue weighted by molar-refractivity contribution is -0.122. The van der Waals surface area contributed by atoms with Gasteiger partial charge in [0.05, 0.1) is 6.10 Å². The summed E-state index contributed by atoms with van der Waals surface area (Å²) in [5, 5.41) is 3.19. The molecule has 0 aromatic carbocycles. The molecule has 2 rings (SSSR count). The first-order valence-corrected chi connectivity index (χ1v) is 8.49. The highest BCUT2D eigenvalue weighted by Crippen LogP contribution is 2.20. The Bertz CT molecular complexity index is 319. The molecule has 1 aliphatic heterocycles. The lowest BCUT2D eigenvalue weighted by atomic mass is 9.95. The Kier molecular flexibility index (Phi) is 6.93. The number of carbonyl (C=O) groups is 1. The fourth-order valence-electron chi connectivity index (χ4n) is 3.61. The highest BCUT2D eigenvalue weighted by molar-refractivity contribution is 5.76. The maximum Gasteiger partial charge on any atom is 0.221 e. The van der Waals surface area contributed by atoms with Crippen molar-refractivity contribution in [1.29, 1.82) is 0 Å². The van der Waals surface area contributed by atoms with Crippen molar-refractivity contribution in [2.45, 2.75) is 69.6 Å². The largest absolute Gasteiger partial charge is 0.381 e. The number of hydrogen-bond donors (Lipinski definition) is 2. The predicted octanol–water partition coefficient (Wildman–Crippen LogP) is 1.26. The summed E-state index contributed by atoms with van der Waals surface area (Å²) in [5.74, 6) is 0.200. The van der Waals surface area contributed by atoms with Crippen LogP contribution in [0.2, 0.25) is 0 Å². The number of nitrogens with zero attached hydrogens (tertiary/aromatic N) is 1. The van der Waals surface area contributed by atoms with Crippen LogP contribution < -0.4 is 11.1 Å². The number of nitrogens with two attached hydrogens (primary N) is 1. The smallest absolute Gasteiger partial charge is 0.221 e. The van der Waals surface area contributed by atoms with Crippen LogP contribution in [0.1, 0.15) is 51.4 Å². The van der Waals surface area contributed by atoms with Crippen molar-refractivity contribution in [3.8, 4) is 0 Å². The summed E-state index contributed by atoms with van der Waals surface area (Å²) in [4.78, 5) is 14.4. The van der Waals surface area contributed by atoms with E-state index >= 15 is 0 Å². The zero-order valence-electron chi connectivity index (χ0n) is 13.4. The summed E-state index contributed by atoms with van der Waals surface area (Å²) in [6, 6.07) is 0.766. The highest BCUT2D eigenvalue weighted by Gasteiger charge is 2.27. The van der Waals surface area contributed by atoms with E-state index in [1.807, 2.05) is 0 Å². The minimum Gasteiger partial charge on any atom is -0.381 e. The van der Waals surface area contributed by atoms with Crippen LogP contribution in [0.3, 0.4) is 0 Å². The molecule has 1 aliphatic carbocycles. The minimum absolute atomic E-state index is 0.200. The van der Waals surface area contributed by atoms with Crippen molar-refractivity contribution >= 4 is 5.91 Å². The molecule has 0 spiro atoms. The number of hydrogen-bond acceptors (Lipinski definition) is 4. The molecule has 122 valence electrons. The first kappa shape index (κ1) is 16.7. The van der Waals surface area contributed by atoms with E-state index in [4.69, 9.17) is 10.5 Å². The van der Waals surface area contributed by atoms with Gasteiger partial charge in [0.15, 0.2) is 0 Å². The molecule has 21 heavy (non-hydrogen) atoms. The minimum atomic E-state index is 0.200. The second-order valence-electron chi connectivity index (χ2n) is 6.46.